The van der Waals surface area contributed by atoms with E-state index in [2.05, 4.69) is 21.3 Å². The minimum Gasteiger partial charge on any atom is -0.772 e. The van der Waals surface area contributed by atoms with Gasteiger partial charge in [-0.15, -0.1) is 0 Å². The summed E-state index contributed by atoms with van der Waals surface area (Å²) in [6, 6.07) is -3.38. The van der Waals surface area contributed by atoms with Gasteiger partial charge in [-0.25, -0.2) is 4.79 Å². The number of nitrogens with one attached hydrogen (secondary N) is 4. The SMILES string of the molecule is C[C@@H](S(=O)[O-])C1(NC(=O)N[C@H](C(=O)N2CCC[C@H]2C(=O)N[C@@H](CC2CC2)C(=O)C(=O)NC2CC2)C(C)(C)C)CCCCC1. The van der Waals surface area contributed by atoms with E-state index < -0.39 is 74.9 Å². The summed E-state index contributed by atoms with van der Waals surface area (Å²) in [4.78, 5) is 67.8. The van der Waals surface area contributed by atoms with Crippen molar-refractivity contribution in [2.75, 3.05) is 6.54 Å². The van der Waals surface area contributed by atoms with Crippen molar-refractivity contribution in [2.45, 2.75) is 140 Å². The van der Waals surface area contributed by atoms with Crippen LogP contribution >= 0.6 is 0 Å². The predicted octanol–water partition coefficient (Wildman–Crippen LogP) is 1.79. The van der Waals surface area contributed by atoms with Crippen molar-refractivity contribution in [3.8, 4) is 0 Å². The Morgan fingerprint density at radius 3 is 2.16 bits per heavy atom. The Morgan fingerprint density at radius 1 is 0.953 bits per heavy atom. The minimum absolute atomic E-state index is 0.0226. The van der Waals surface area contributed by atoms with Crippen LogP contribution in [0.2, 0.25) is 0 Å². The van der Waals surface area contributed by atoms with Crippen LogP contribution in [-0.4, -0.2) is 84.7 Å². The fourth-order valence-electron chi connectivity index (χ4n) is 6.34. The summed E-state index contributed by atoms with van der Waals surface area (Å²) in [5.74, 6) is -1.95. The van der Waals surface area contributed by atoms with Crippen LogP contribution in [-0.2, 0) is 30.3 Å². The molecule has 0 bridgehead atoms. The number of rotatable bonds is 12. The van der Waals surface area contributed by atoms with Gasteiger partial charge in [0.15, 0.2) is 0 Å². The second-order valence-electron chi connectivity index (χ2n) is 14.1. The van der Waals surface area contributed by atoms with E-state index in [4.69, 9.17) is 0 Å². The molecule has 0 spiro atoms. The molecule has 13 heteroatoms. The smallest absolute Gasteiger partial charge is 0.315 e. The number of hydrogen-bond donors (Lipinski definition) is 4. The zero-order valence-corrected chi connectivity index (χ0v) is 26.7. The van der Waals surface area contributed by atoms with Crippen LogP contribution in [0.5, 0.6) is 0 Å². The standard InChI is InChI=1S/C30H49N5O7S/c1-18(43(41)42)30(14-6-5-7-15-30)34-28(40)33-24(29(2,3)4)27(39)35-16-8-9-22(35)25(37)32-21(17-19-10-11-19)23(36)26(38)31-20-12-13-20/h18-22,24H,5-17H2,1-4H3,(H,31,38)(H,32,37)(H,41,42)(H2,33,34,40)/p-1/t18-,21+,22+,24-/m1/s1. The molecule has 1 unspecified atom stereocenters. The normalized spacial score (nSPS) is 24.7. The van der Waals surface area contributed by atoms with Gasteiger partial charge in [0, 0.05) is 17.8 Å². The molecule has 3 aliphatic carbocycles. The van der Waals surface area contributed by atoms with Crippen LogP contribution in [0, 0.1) is 11.3 Å². The van der Waals surface area contributed by atoms with Gasteiger partial charge < -0.3 is 30.7 Å². The topological polar surface area (TPSA) is 177 Å². The number of amides is 5. The molecule has 5 amide bonds. The molecule has 0 aromatic heterocycles. The number of hydrogen-bond acceptors (Lipinski definition) is 7. The Hall–Kier alpha value is -2.54. The highest BCUT2D eigenvalue weighted by molar-refractivity contribution is 7.79. The van der Waals surface area contributed by atoms with Crippen molar-refractivity contribution in [3.05, 3.63) is 0 Å². The fourth-order valence-corrected chi connectivity index (χ4v) is 7.00. The molecule has 12 nitrogen and oxygen atoms in total. The lowest BCUT2D eigenvalue weighted by atomic mass is 9.79. The number of carbonyl (C=O) groups excluding carboxylic acids is 5. The van der Waals surface area contributed by atoms with Gasteiger partial charge in [-0.1, -0.05) is 64.0 Å². The van der Waals surface area contributed by atoms with Gasteiger partial charge in [0.25, 0.3) is 5.91 Å². The molecule has 1 saturated heterocycles. The Balaban J connectivity index is 1.45. The third kappa shape index (κ3) is 8.55. The lowest BCUT2D eigenvalue weighted by Crippen LogP contribution is -2.64. The van der Waals surface area contributed by atoms with E-state index in [1.165, 1.54) is 4.90 Å². The maximum Gasteiger partial charge on any atom is 0.315 e. The summed E-state index contributed by atoms with van der Waals surface area (Å²) < 4.78 is 23.8. The Morgan fingerprint density at radius 2 is 1.60 bits per heavy atom. The quantitative estimate of drug-likeness (QED) is 0.189. The van der Waals surface area contributed by atoms with Gasteiger partial charge in [0.1, 0.15) is 12.1 Å². The zero-order chi connectivity index (χ0) is 31.5. The van der Waals surface area contributed by atoms with Gasteiger partial charge in [0.05, 0.1) is 11.6 Å². The van der Waals surface area contributed by atoms with E-state index in [0.717, 1.165) is 44.9 Å². The first-order valence-electron chi connectivity index (χ1n) is 15.8. The summed E-state index contributed by atoms with van der Waals surface area (Å²) in [6.07, 6.45) is 8.55. The summed E-state index contributed by atoms with van der Waals surface area (Å²) in [7, 11) is 0. The third-order valence-corrected chi connectivity index (χ3v) is 10.5. The Kier molecular flexibility index (Phi) is 10.6. The van der Waals surface area contributed by atoms with Crippen molar-refractivity contribution in [1.82, 2.24) is 26.2 Å². The summed E-state index contributed by atoms with van der Waals surface area (Å²) in [6.45, 7) is 7.35. The molecule has 4 N–H and O–H groups in total. The van der Waals surface area contributed by atoms with Crippen LogP contribution in [0.25, 0.3) is 0 Å². The summed E-state index contributed by atoms with van der Waals surface area (Å²) >= 11 is -2.39. The van der Waals surface area contributed by atoms with Crippen molar-refractivity contribution in [1.29, 1.82) is 0 Å². The largest absolute Gasteiger partial charge is 0.772 e. The second kappa shape index (κ2) is 13.6. The number of carbonyl (C=O) groups is 5. The highest BCUT2D eigenvalue weighted by Gasteiger charge is 2.45. The monoisotopic (exact) mass is 622 g/mol. The molecule has 43 heavy (non-hydrogen) atoms. The van der Waals surface area contributed by atoms with E-state index in [1.54, 1.807) is 6.92 Å². The van der Waals surface area contributed by atoms with Crippen molar-refractivity contribution < 1.29 is 32.7 Å². The van der Waals surface area contributed by atoms with Gasteiger partial charge in [-0.05, 0) is 63.2 Å². The van der Waals surface area contributed by atoms with Gasteiger partial charge in [-0.3, -0.25) is 23.4 Å². The second-order valence-corrected chi connectivity index (χ2v) is 15.3. The molecule has 0 aromatic carbocycles. The van der Waals surface area contributed by atoms with Gasteiger partial charge >= 0.3 is 6.03 Å². The number of nitrogens with zero attached hydrogens (tertiary/aromatic N) is 1. The molecule has 1 heterocycles. The molecule has 4 rings (SSSR count). The van der Waals surface area contributed by atoms with Crippen molar-refractivity contribution >= 4 is 40.6 Å². The number of Topliss-reactive ketones (excluding diaryl/α,β-unsaturated/α-hetero) is 1. The molecular formula is C30H48N5O7S-. The first-order valence-corrected chi connectivity index (χ1v) is 17.0. The molecule has 4 aliphatic rings. The summed E-state index contributed by atoms with van der Waals surface area (Å²) in [5.41, 5.74) is -1.65. The number of ketones is 1. The third-order valence-electron chi connectivity index (χ3n) is 9.44. The van der Waals surface area contributed by atoms with Crippen LogP contribution in [0.15, 0.2) is 0 Å². The Labute approximate surface area is 256 Å². The van der Waals surface area contributed by atoms with E-state index in [1.807, 2.05) is 20.8 Å². The number of urea groups is 1. The average molecular weight is 623 g/mol. The first-order chi connectivity index (χ1) is 20.2. The van der Waals surface area contributed by atoms with E-state index in [0.29, 0.717) is 38.6 Å². The maximum atomic E-state index is 14.0. The van der Waals surface area contributed by atoms with Gasteiger partial charge in [0.2, 0.25) is 17.6 Å². The van der Waals surface area contributed by atoms with E-state index in [-0.39, 0.29) is 12.0 Å². The fraction of sp³-hybridized carbons (Fsp3) is 0.833. The maximum absolute atomic E-state index is 14.0. The highest BCUT2D eigenvalue weighted by atomic mass is 32.2. The lowest BCUT2D eigenvalue weighted by molar-refractivity contribution is -0.144. The first kappa shape index (κ1) is 33.4. The van der Waals surface area contributed by atoms with Crippen molar-refractivity contribution in [3.63, 3.8) is 0 Å². The molecule has 1 aliphatic heterocycles. The summed E-state index contributed by atoms with van der Waals surface area (Å²) in [5, 5.41) is 10.4. The molecule has 242 valence electrons. The molecule has 5 atom stereocenters. The molecule has 3 saturated carbocycles. The molecule has 0 aromatic rings. The zero-order valence-electron chi connectivity index (χ0n) is 25.9. The van der Waals surface area contributed by atoms with E-state index in [9.17, 15) is 32.7 Å². The van der Waals surface area contributed by atoms with Crippen molar-refractivity contribution in [2.24, 2.45) is 11.3 Å². The van der Waals surface area contributed by atoms with Crippen LogP contribution in [0.1, 0.15) is 105 Å². The average Bonchev–Trinajstić information content (AvgIpc) is 3.88. The van der Waals surface area contributed by atoms with Gasteiger partial charge in [-0.2, -0.15) is 0 Å². The van der Waals surface area contributed by atoms with Crippen LogP contribution < -0.4 is 21.3 Å². The lowest BCUT2D eigenvalue weighted by Gasteiger charge is -2.44. The Bertz CT molecular complexity index is 1110. The minimum atomic E-state index is -2.39. The predicted molar refractivity (Wildman–Crippen MR) is 159 cm³/mol. The highest BCUT2D eigenvalue weighted by Crippen LogP contribution is 2.35. The molecular weight excluding hydrogens is 574 g/mol. The van der Waals surface area contributed by atoms with Crippen LogP contribution in [0.4, 0.5) is 4.79 Å². The number of likely N-dealkylation sites (tertiary alicyclic amines) is 1. The van der Waals surface area contributed by atoms with E-state index >= 15 is 0 Å². The van der Waals surface area contributed by atoms with Crippen LogP contribution in [0.3, 0.4) is 0 Å². The molecule has 0 radical (unpaired) electrons. The molecule has 4 fully saturated rings.